The van der Waals surface area contributed by atoms with E-state index in [1.165, 1.54) is 6.07 Å². The largest absolute Gasteiger partial charge is 0.416 e. The molecule has 2 aromatic rings. The van der Waals surface area contributed by atoms with Crippen LogP contribution in [0.1, 0.15) is 17.0 Å². The molecule has 0 bridgehead atoms. The molecule has 0 saturated heterocycles. The molecule has 1 heterocycles. The Labute approximate surface area is 117 Å². The van der Waals surface area contributed by atoms with Gasteiger partial charge in [0, 0.05) is 18.4 Å². The van der Waals surface area contributed by atoms with Crippen LogP contribution in [-0.4, -0.2) is 17.2 Å². The van der Waals surface area contributed by atoms with Gasteiger partial charge >= 0.3 is 6.18 Å². The Balaban J connectivity index is 2.31. The highest BCUT2D eigenvalue weighted by molar-refractivity contribution is 7.99. The summed E-state index contributed by atoms with van der Waals surface area (Å²) in [4.78, 5) is 0.404. The monoisotopic (exact) mass is 303 g/mol. The Kier molecular flexibility index (Phi) is 4.34. The van der Waals surface area contributed by atoms with Gasteiger partial charge in [0.2, 0.25) is 5.89 Å². The van der Waals surface area contributed by atoms with Crippen LogP contribution in [0.4, 0.5) is 13.2 Å². The fraction of sp³-hybridized carbons (Fsp3) is 0.333. The first kappa shape index (κ1) is 14.9. The third kappa shape index (κ3) is 3.51. The van der Waals surface area contributed by atoms with Crippen molar-refractivity contribution >= 4 is 11.8 Å². The molecule has 108 valence electrons. The maximum absolute atomic E-state index is 13.0. The van der Waals surface area contributed by atoms with Gasteiger partial charge in [-0.3, -0.25) is 0 Å². The number of rotatable bonds is 4. The van der Waals surface area contributed by atoms with Crippen LogP contribution in [0, 0.1) is 6.92 Å². The fourth-order valence-corrected chi connectivity index (χ4v) is 2.41. The highest BCUT2D eigenvalue weighted by Crippen LogP contribution is 2.36. The van der Waals surface area contributed by atoms with Crippen molar-refractivity contribution in [2.75, 3.05) is 7.05 Å². The molecule has 0 amide bonds. The van der Waals surface area contributed by atoms with Gasteiger partial charge in [0.15, 0.2) is 0 Å². The van der Waals surface area contributed by atoms with Crippen molar-refractivity contribution in [2.24, 2.45) is 0 Å². The maximum Gasteiger partial charge on any atom is 0.416 e. The van der Waals surface area contributed by atoms with Crippen LogP contribution in [0.15, 0.2) is 32.7 Å². The van der Waals surface area contributed by atoms with Crippen LogP contribution in [0.5, 0.6) is 0 Å². The van der Waals surface area contributed by atoms with Gasteiger partial charge in [-0.25, -0.2) is 0 Å². The Bertz CT molecular complexity index is 598. The SMILES string of the molecule is CNCc1ccc(Sc2nnc(C)o2)cc1C(F)(F)F. The van der Waals surface area contributed by atoms with Gasteiger partial charge in [-0.05, 0) is 36.5 Å². The molecule has 1 N–H and O–H groups in total. The number of hydrogen-bond acceptors (Lipinski definition) is 5. The lowest BCUT2D eigenvalue weighted by Crippen LogP contribution is -2.14. The molecule has 0 saturated carbocycles. The van der Waals surface area contributed by atoms with E-state index < -0.39 is 11.7 Å². The summed E-state index contributed by atoms with van der Waals surface area (Å²) in [7, 11) is 1.60. The molecule has 4 nitrogen and oxygen atoms in total. The van der Waals surface area contributed by atoms with Crippen molar-refractivity contribution in [3.63, 3.8) is 0 Å². The molecule has 0 aliphatic rings. The van der Waals surface area contributed by atoms with Crippen molar-refractivity contribution in [1.82, 2.24) is 15.5 Å². The van der Waals surface area contributed by atoms with Crippen LogP contribution in [-0.2, 0) is 12.7 Å². The summed E-state index contributed by atoms with van der Waals surface area (Å²) in [5.41, 5.74) is -0.459. The molecule has 2 rings (SSSR count). The molecular formula is C12H12F3N3OS. The molecule has 0 atom stereocenters. The number of nitrogens with zero attached hydrogens (tertiary/aromatic N) is 2. The van der Waals surface area contributed by atoms with E-state index in [2.05, 4.69) is 15.5 Å². The molecule has 1 aromatic heterocycles. The highest BCUT2D eigenvalue weighted by atomic mass is 32.2. The number of aryl methyl sites for hydroxylation is 1. The van der Waals surface area contributed by atoms with Crippen LogP contribution >= 0.6 is 11.8 Å². The molecule has 0 aliphatic heterocycles. The number of nitrogens with one attached hydrogen (secondary N) is 1. The van der Waals surface area contributed by atoms with Crippen LogP contribution < -0.4 is 5.32 Å². The van der Waals surface area contributed by atoms with Crippen molar-refractivity contribution in [1.29, 1.82) is 0 Å². The maximum atomic E-state index is 13.0. The summed E-state index contributed by atoms with van der Waals surface area (Å²) in [6.45, 7) is 1.77. The molecule has 0 fully saturated rings. The average molecular weight is 303 g/mol. The van der Waals surface area contributed by atoms with Gasteiger partial charge in [0.25, 0.3) is 5.22 Å². The zero-order valence-corrected chi connectivity index (χ0v) is 11.6. The first-order valence-electron chi connectivity index (χ1n) is 5.73. The normalized spacial score (nSPS) is 11.8. The van der Waals surface area contributed by atoms with E-state index in [9.17, 15) is 13.2 Å². The van der Waals surface area contributed by atoms with Crippen molar-refractivity contribution in [3.8, 4) is 0 Å². The van der Waals surface area contributed by atoms with E-state index in [0.717, 1.165) is 17.8 Å². The van der Waals surface area contributed by atoms with E-state index in [4.69, 9.17) is 4.42 Å². The molecule has 0 aliphatic carbocycles. The first-order chi connectivity index (χ1) is 9.40. The molecule has 0 spiro atoms. The van der Waals surface area contributed by atoms with Gasteiger partial charge in [-0.2, -0.15) is 13.2 Å². The summed E-state index contributed by atoms with van der Waals surface area (Å²) in [6, 6.07) is 4.15. The van der Waals surface area contributed by atoms with Crippen LogP contribution in [0.2, 0.25) is 0 Å². The molecule has 0 unspecified atom stereocenters. The minimum atomic E-state index is -4.40. The summed E-state index contributed by atoms with van der Waals surface area (Å²) < 4.78 is 44.2. The Morgan fingerprint density at radius 1 is 1.30 bits per heavy atom. The smallest absolute Gasteiger partial charge is 0.416 e. The van der Waals surface area contributed by atoms with Gasteiger partial charge in [0.05, 0.1) is 5.56 Å². The molecule has 8 heteroatoms. The second kappa shape index (κ2) is 5.84. The number of aromatic nitrogens is 2. The minimum absolute atomic E-state index is 0.152. The van der Waals surface area contributed by atoms with Crippen LogP contribution in [0.3, 0.4) is 0 Å². The molecule has 1 aromatic carbocycles. The third-order valence-corrected chi connectivity index (χ3v) is 3.30. The molecule has 20 heavy (non-hydrogen) atoms. The Hall–Kier alpha value is -1.54. The number of hydrogen-bond donors (Lipinski definition) is 1. The second-order valence-corrected chi connectivity index (χ2v) is 5.06. The van der Waals surface area contributed by atoms with E-state index in [0.29, 0.717) is 10.8 Å². The van der Waals surface area contributed by atoms with Gasteiger partial charge in [-0.15, -0.1) is 10.2 Å². The van der Waals surface area contributed by atoms with Crippen LogP contribution in [0.25, 0.3) is 0 Å². The van der Waals surface area contributed by atoms with Gasteiger partial charge in [-0.1, -0.05) is 6.07 Å². The standard InChI is InChI=1S/C12H12F3N3OS/c1-7-17-18-11(19-7)20-9-4-3-8(6-16-2)10(5-9)12(13,14)15/h3-5,16H,6H2,1-2H3. The Morgan fingerprint density at radius 2 is 2.05 bits per heavy atom. The van der Waals surface area contributed by atoms with Crippen molar-refractivity contribution < 1.29 is 17.6 Å². The zero-order chi connectivity index (χ0) is 14.8. The predicted molar refractivity (Wildman–Crippen MR) is 67.4 cm³/mol. The third-order valence-electron chi connectivity index (χ3n) is 2.47. The number of halogens is 3. The van der Waals surface area contributed by atoms with Crippen molar-refractivity contribution in [3.05, 3.63) is 35.2 Å². The summed E-state index contributed by atoms with van der Waals surface area (Å²) in [6.07, 6.45) is -4.40. The lowest BCUT2D eigenvalue weighted by molar-refractivity contribution is -0.138. The minimum Gasteiger partial charge on any atom is -0.416 e. The first-order valence-corrected chi connectivity index (χ1v) is 6.54. The molecule has 0 radical (unpaired) electrons. The van der Waals surface area contributed by atoms with Gasteiger partial charge in [0.1, 0.15) is 0 Å². The fourth-order valence-electron chi connectivity index (χ4n) is 1.65. The number of benzene rings is 1. The van der Waals surface area contributed by atoms with E-state index in [1.807, 2.05) is 0 Å². The molecular weight excluding hydrogens is 291 g/mol. The zero-order valence-electron chi connectivity index (χ0n) is 10.8. The average Bonchev–Trinajstić information content (AvgIpc) is 2.76. The highest BCUT2D eigenvalue weighted by Gasteiger charge is 2.33. The predicted octanol–water partition coefficient (Wildman–Crippen LogP) is 3.27. The quantitative estimate of drug-likeness (QED) is 0.939. The second-order valence-electron chi connectivity index (χ2n) is 4.04. The van der Waals surface area contributed by atoms with Gasteiger partial charge < -0.3 is 9.73 Å². The van der Waals surface area contributed by atoms with E-state index in [1.54, 1.807) is 20.0 Å². The summed E-state index contributed by atoms with van der Waals surface area (Å²) >= 11 is 1.00. The van der Waals surface area contributed by atoms with Crippen molar-refractivity contribution in [2.45, 2.75) is 29.8 Å². The Morgan fingerprint density at radius 3 is 2.60 bits per heavy atom. The summed E-state index contributed by atoms with van der Waals surface area (Å²) in [5.74, 6) is 0.371. The lowest BCUT2D eigenvalue weighted by Gasteiger charge is -2.13. The summed E-state index contributed by atoms with van der Waals surface area (Å²) in [5, 5.41) is 10.3. The lowest BCUT2D eigenvalue weighted by atomic mass is 10.1. The topological polar surface area (TPSA) is 51.0 Å². The van der Waals surface area contributed by atoms with E-state index in [-0.39, 0.29) is 17.3 Å². The van der Waals surface area contributed by atoms with E-state index >= 15 is 0 Å². The number of alkyl halides is 3.